The number of carbonyl (C=O) groups excluding carboxylic acids is 1. The van der Waals surface area contributed by atoms with Crippen molar-refractivity contribution in [1.82, 2.24) is 4.90 Å². The van der Waals surface area contributed by atoms with Crippen molar-refractivity contribution in [2.75, 3.05) is 19.8 Å². The minimum atomic E-state index is -0.145. The number of carbonyl (C=O) groups is 1. The molecule has 29 heavy (non-hydrogen) atoms. The van der Waals surface area contributed by atoms with Gasteiger partial charge in [0, 0.05) is 17.1 Å². The lowest BCUT2D eigenvalue weighted by molar-refractivity contribution is -0.121. The number of amides is 1. The number of thioether (sulfide) groups is 1. The van der Waals surface area contributed by atoms with Crippen molar-refractivity contribution in [3.63, 3.8) is 0 Å². The van der Waals surface area contributed by atoms with Gasteiger partial charge in [0.25, 0.3) is 5.91 Å². The van der Waals surface area contributed by atoms with Gasteiger partial charge in [0.1, 0.15) is 29.0 Å². The third-order valence-electron chi connectivity index (χ3n) is 4.07. The molecule has 0 aliphatic carbocycles. The van der Waals surface area contributed by atoms with E-state index in [9.17, 15) is 4.79 Å². The van der Waals surface area contributed by atoms with Crippen molar-refractivity contribution < 1.29 is 14.3 Å². The van der Waals surface area contributed by atoms with Crippen LogP contribution < -0.4 is 9.47 Å². The van der Waals surface area contributed by atoms with E-state index in [1.807, 2.05) is 31.2 Å². The van der Waals surface area contributed by atoms with Crippen LogP contribution in [-0.4, -0.2) is 34.9 Å². The predicted molar refractivity (Wildman–Crippen MR) is 124 cm³/mol. The number of ether oxygens (including phenoxy) is 2. The Bertz CT molecular complexity index is 957. The average molecular weight is 446 g/mol. The van der Waals surface area contributed by atoms with E-state index >= 15 is 0 Å². The molecule has 0 radical (unpaired) electrons. The maximum Gasteiger partial charge on any atom is 0.266 e. The summed E-state index contributed by atoms with van der Waals surface area (Å²) in [4.78, 5) is 14.6. The first-order valence-electron chi connectivity index (χ1n) is 8.96. The van der Waals surface area contributed by atoms with E-state index in [-0.39, 0.29) is 5.91 Å². The molecular formula is C22H20ClNO3S2. The van der Waals surface area contributed by atoms with E-state index in [1.165, 1.54) is 22.2 Å². The standard InChI is InChI=1S/C22H20ClNO3S2/c1-3-10-24-21(25)20(29-22(24)28)14-16-13-17(23)6-9-19(16)27-12-11-26-18-7-4-15(2)5-8-18/h3-9,13-14H,1,10-12H2,2H3. The van der Waals surface area contributed by atoms with Crippen LogP contribution in [0.5, 0.6) is 11.5 Å². The Kier molecular flexibility index (Phi) is 7.36. The Morgan fingerprint density at radius 3 is 2.62 bits per heavy atom. The zero-order valence-electron chi connectivity index (χ0n) is 15.9. The highest BCUT2D eigenvalue weighted by atomic mass is 35.5. The van der Waals surface area contributed by atoms with Crippen LogP contribution in [0.25, 0.3) is 6.08 Å². The van der Waals surface area contributed by atoms with E-state index in [4.69, 9.17) is 33.3 Å². The van der Waals surface area contributed by atoms with Crippen LogP contribution in [0.15, 0.2) is 60.0 Å². The van der Waals surface area contributed by atoms with Crippen molar-refractivity contribution in [1.29, 1.82) is 0 Å². The zero-order chi connectivity index (χ0) is 20.8. The van der Waals surface area contributed by atoms with E-state index < -0.39 is 0 Å². The monoisotopic (exact) mass is 445 g/mol. The largest absolute Gasteiger partial charge is 0.490 e. The fourth-order valence-corrected chi connectivity index (χ4v) is 4.08. The minimum absolute atomic E-state index is 0.145. The first kappa shape index (κ1) is 21.4. The summed E-state index contributed by atoms with van der Waals surface area (Å²) < 4.78 is 12.1. The Morgan fingerprint density at radius 2 is 1.90 bits per heavy atom. The third kappa shape index (κ3) is 5.63. The van der Waals surface area contributed by atoms with Crippen molar-refractivity contribution >= 4 is 51.9 Å². The van der Waals surface area contributed by atoms with Gasteiger partial charge in [-0.05, 0) is 43.3 Å². The number of rotatable bonds is 8. The molecule has 0 saturated carbocycles. The second-order valence-corrected chi connectivity index (χ2v) is 8.39. The summed E-state index contributed by atoms with van der Waals surface area (Å²) in [7, 11) is 0. The van der Waals surface area contributed by atoms with Crippen LogP contribution in [-0.2, 0) is 4.79 Å². The summed E-state index contributed by atoms with van der Waals surface area (Å²) in [5, 5.41) is 0.557. The summed E-state index contributed by atoms with van der Waals surface area (Å²) in [6.45, 7) is 6.83. The van der Waals surface area contributed by atoms with Crippen LogP contribution in [0.4, 0.5) is 0 Å². The molecule has 1 fully saturated rings. The van der Waals surface area contributed by atoms with Crippen LogP contribution in [0, 0.1) is 6.92 Å². The lowest BCUT2D eigenvalue weighted by Gasteiger charge is -2.12. The molecule has 150 valence electrons. The lowest BCUT2D eigenvalue weighted by Crippen LogP contribution is -2.27. The van der Waals surface area contributed by atoms with Gasteiger partial charge >= 0.3 is 0 Å². The van der Waals surface area contributed by atoms with E-state index in [0.717, 1.165) is 5.75 Å². The maximum atomic E-state index is 12.6. The molecule has 1 saturated heterocycles. The van der Waals surface area contributed by atoms with E-state index in [2.05, 4.69) is 6.58 Å². The molecule has 4 nitrogen and oxygen atoms in total. The second-order valence-electron chi connectivity index (χ2n) is 6.27. The molecule has 0 bridgehead atoms. The van der Waals surface area contributed by atoms with Gasteiger partial charge in [-0.25, -0.2) is 0 Å². The van der Waals surface area contributed by atoms with Gasteiger partial charge in [0.05, 0.1) is 4.91 Å². The molecule has 7 heteroatoms. The van der Waals surface area contributed by atoms with Gasteiger partial charge in [0.2, 0.25) is 0 Å². The maximum absolute atomic E-state index is 12.6. The molecular weight excluding hydrogens is 426 g/mol. The molecule has 0 N–H and O–H groups in total. The normalized spacial score (nSPS) is 15.1. The molecule has 1 aliphatic rings. The summed E-state index contributed by atoms with van der Waals surface area (Å²) in [6.07, 6.45) is 3.40. The van der Waals surface area contributed by atoms with E-state index in [0.29, 0.717) is 45.3 Å². The fraction of sp³-hybridized carbons (Fsp3) is 0.182. The quantitative estimate of drug-likeness (QED) is 0.232. The minimum Gasteiger partial charge on any atom is -0.490 e. The number of nitrogens with zero attached hydrogens (tertiary/aromatic N) is 1. The first-order valence-corrected chi connectivity index (χ1v) is 10.6. The Hall–Kier alpha value is -2.28. The molecule has 1 heterocycles. The van der Waals surface area contributed by atoms with Crippen molar-refractivity contribution in [3.8, 4) is 11.5 Å². The van der Waals surface area contributed by atoms with Crippen molar-refractivity contribution in [2.24, 2.45) is 0 Å². The first-order chi connectivity index (χ1) is 14.0. The fourth-order valence-electron chi connectivity index (χ4n) is 2.64. The number of halogens is 1. The van der Waals surface area contributed by atoms with Crippen LogP contribution >= 0.6 is 35.6 Å². The molecule has 3 rings (SSSR count). The molecule has 0 unspecified atom stereocenters. The van der Waals surface area contributed by atoms with Gasteiger partial charge in [0.15, 0.2) is 0 Å². The topological polar surface area (TPSA) is 38.8 Å². The summed E-state index contributed by atoms with van der Waals surface area (Å²) in [5.74, 6) is 1.27. The van der Waals surface area contributed by atoms with Gasteiger partial charge < -0.3 is 9.47 Å². The molecule has 1 amide bonds. The smallest absolute Gasteiger partial charge is 0.266 e. The zero-order valence-corrected chi connectivity index (χ0v) is 18.3. The van der Waals surface area contributed by atoms with Gasteiger partial charge in [-0.2, -0.15) is 0 Å². The number of hydrogen-bond acceptors (Lipinski definition) is 5. The number of hydrogen-bond donors (Lipinski definition) is 0. The molecule has 2 aromatic rings. The second kappa shape index (κ2) is 9.96. The predicted octanol–water partition coefficient (Wildman–Crippen LogP) is 5.49. The number of thiocarbonyl (C=S) groups is 1. The van der Waals surface area contributed by atoms with Crippen molar-refractivity contribution in [2.45, 2.75) is 6.92 Å². The summed E-state index contributed by atoms with van der Waals surface area (Å²) in [5.41, 5.74) is 1.89. The Labute approximate surface area is 185 Å². The molecule has 2 aromatic carbocycles. The third-order valence-corrected chi connectivity index (χ3v) is 5.69. The average Bonchev–Trinajstić information content (AvgIpc) is 2.96. The molecule has 0 atom stereocenters. The summed E-state index contributed by atoms with van der Waals surface area (Å²) in [6, 6.07) is 13.1. The highest BCUT2D eigenvalue weighted by molar-refractivity contribution is 8.26. The Balaban J connectivity index is 1.68. The molecule has 1 aliphatic heterocycles. The van der Waals surface area contributed by atoms with Gasteiger partial charge in [-0.1, -0.05) is 59.4 Å². The number of aryl methyl sites for hydroxylation is 1. The van der Waals surface area contributed by atoms with Gasteiger partial charge in [-0.3, -0.25) is 9.69 Å². The van der Waals surface area contributed by atoms with Gasteiger partial charge in [-0.15, -0.1) is 6.58 Å². The van der Waals surface area contributed by atoms with E-state index in [1.54, 1.807) is 30.4 Å². The van der Waals surface area contributed by atoms with Crippen LogP contribution in [0.3, 0.4) is 0 Å². The highest BCUT2D eigenvalue weighted by Gasteiger charge is 2.31. The van der Waals surface area contributed by atoms with Crippen molar-refractivity contribution in [3.05, 3.63) is 76.2 Å². The van der Waals surface area contributed by atoms with Crippen LogP contribution in [0.2, 0.25) is 5.02 Å². The summed E-state index contributed by atoms with van der Waals surface area (Å²) >= 11 is 12.7. The highest BCUT2D eigenvalue weighted by Crippen LogP contribution is 2.35. The Morgan fingerprint density at radius 1 is 1.17 bits per heavy atom. The SMILES string of the molecule is C=CCN1C(=O)C(=Cc2cc(Cl)ccc2OCCOc2ccc(C)cc2)SC1=S. The molecule has 0 aromatic heterocycles. The molecule has 0 spiro atoms. The number of benzene rings is 2. The van der Waals surface area contributed by atoms with Crippen LogP contribution in [0.1, 0.15) is 11.1 Å². The lowest BCUT2D eigenvalue weighted by atomic mass is 10.2.